The van der Waals surface area contributed by atoms with Crippen molar-refractivity contribution in [2.75, 3.05) is 5.75 Å². The van der Waals surface area contributed by atoms with Crippen LogP contribution in [0, 0.1) is 0 Å². The van der Waals surface area contributed by atoms with Gasteiger partial charge in [-0.2, -0.15) is 5.10 Å². The second kappa shape index (κ2) is 6.30. The van der Waals surface area contributed by atoms with E-state index in [-0.39, 0.29) is 5.75 Å². The molecular weight excluding hydrogens is 276 g/mol. The Bertz CT molecular complexity index is 617. The Balaban J connectivity index is 2.47. The maximum atomic E-state index is 10.8. The SMILES string of the molecule is CCCc1nn(C)c2c1nc(SCC(=O)O)n2CCC. The number of fused-ring (bicyclic) bond motifs is 1. The van der Waals surface area contributed by atoms with Crippen molar-refractivity contribution in [3.63, 3.8) is 0 Å². The van der Waals surface area contributed by atoms with Crippen molar-refractivity contribution in [1.29, 1.82) is 0 Å². The van der Waals surface area contributed by atoms with Crippen molar-refractivity contribution in [1.82, 2.24) is 19.3 Å². The molecule has 6 nitrogen and oxygen atoms in total. The Morgan fingerprint density at radius 1 is 1.35 bits per heavy atom. The average molecular weight is 296 g/mol. The highest BCUT2D eigenvalue weighted by Crippen LogP contribution is 2.26. The van der Waals surface area contributed by atoms with E-state index in [4.69, 9.17) is 5.11 Å². The van der Waals surface area contributed by atoms with Crippen LogP contribution in [0.15, 0.2) is 5.16 Å². The number of aromatic nitrogens is 4. The molecule has 0 aromatic carbocycles. The number of aliphatic carboxylic acids is 1. The van der Waals surface area contributed by atoms with Gasteiger partial charge in [0.25, 0.3) is 0 Å². The van der Waals surface area contributed by atoms with Gasteiger partial charge >= 0.3 is 5.97 Å². The Kier molecular flexibility index (Phi) is 4.69. The number of carboxylic acids is 1. The summed E-state index contributed by atoms with van der Waals surface area (Å²) in [5.41, 5.74) is 2.90. The molecular formula is C13H20N4O2S. The zero-order valence-electron chi connectivity index (χ0n) is 12.1. The Morgan fingerprint density at radius 3 is 2.70 bits per heavy atom. The number of carboxylic acid groups (broad SMARTS) is 1. The number of imidazole rings is 1. The van der Waals surface area contributed by atoms with Gasteiger partial charge in [0.05, 0.1) is 11.4 Å². The van der Waals surface area contributed by atoms with Crippen molar-refractivity contribution < 1.29 is 9.90 Å². The van der Waals surface area contributed by atoms with Crippen LogP contribution in [-0.4, -0.2) is 36.2 Å². The van der Waals surface area contributed by atoms with Crippen molar-refractivity contribution in [3.8, 4) is 0 Å². The lowest BCUT2D eigenvalue weighted by molar-refractivity contribution is -0.133. The smallest absolute Gasteiger partial charge is 0.313 e. The van der Waals surface area contributed by atoms with Gasteiger partial charge in [-0.3, -0.25) is 9.48 Å². The van der Waals surface area contributed by atoms with E-state index in [9.17, 15) is 4.79 Å². The molecule has 20 heavy (non-hydrogen) atoms. The molecule has 0 atom stereocenters. The number of hydrogen-bond acceptors (Lipinski definition) is 4. The largest absolute Gasteiger partial charge is 0.481 e. The van der Waals surface area contributed by atoms with Gasteiger partial charge in [-0.25, -0.2) is 4.98 Å². The number of rotatable bonds is 7. The lowest BCUT2D eigenvalue weighted by Gasteiger charge is -2.06. The molecule has 2 aromatic heterocycles. The van der Waals surface area contributed by atoms with Crippen LogP contribution < -0.4 is 0 Å². The van der Waals surface area contributed by atoms with Crippen molar-refractivity contribution in [3.05, 3.63) is 5.69 Å². The summed E-state index contributed by atoms with van der Waals surface area (Å²) in [6, 6.07) is 0. The topological polar surface area (TPSA) is 72.9 Å². The van der Waals surface area contributed by atoms with Crippen LogP contribution in [0.25, 0.3) is 11.2 Å². The summed E-state index contributed by atoms with van der Waals surface area (Å²) in [5.74, 6) is -0.791. The average Bonchev–Trinajstić information content (AvgIpc) is 2.88. The monoisotopic (exact) mass is 296 g/mol. The summed E-state index contributed by atoms with van der Waals surface area (Å²) in [6.07, 6.45) is 2.88. The first-order valence-corrected chi connectivity index (χ1v) is 7.83. The zero-order chi connectivity index (χ0) is 14.7. The predicted molar refractivity (Wildman–Crippen MR) is 79.1 cm³/mol. The quantitative estimate of drug-likeness (QED) is 0.794. The molecule has 2 heterocycles. The van der Waals surface area contributed by atoms with Gasteiger partial charge in [0.2, 0.25) is 0 Å². The normalized spacial score (nSPS) is 11.3. The van der Waals surface area contributed by atoms with E-state index in [0.29, 0.717) is 0 Å². The molecule has 0 unspecified atom stereocenters. The summed E-state index contributed by atoms with van der Waals surface area (Å²) in [4.78, 5) is 15.4. The zero-order valence-corrected chi connectivity index (χ0v) is 12.9. The summed E-state index contributed by atoms with van der Waals surface area (Å²) in [6.45, 7) is 5.04. The fourth-order valence-electron chi connectivity index (χ4n) is 2.29. The minimum atomic E-state index is -0.822. The van der Waals surface area contributed by atoms with E-state index >= 15 is 0 Å². The van der Waals surface area contributed by atoms with Crippen LogP contribution in [0.1, 0.15) is 32.4 Å². The lowest BCUT2D eigenvalue weighted by Crippen LogP contribution is -2.06. The molecule has 0 saturated carbocycles. The minimum Gasteiger partial charge on any atom is -0.481 e. The van der Waals surface area contributed by atoms with Gasteiger partial charge < -0.3 is 9.67 Å². The highest BCUT2D eigenvalue weighted by Gasteiger charge is 2.19. The van der Waals surface area contributed by atoms with E-state index in [1.54, 1.807) is 0 Å². The van der Waals surface area contributed by atoms with E-state index < -0.39 is 5.97 Å². The number of carbonyl (C=O) groups is 1. The molecule has 0 aliphatic rings. The van der Waals surface area contributed by atoms with Gasteiger partial charge in [-0.05, 0) is 12.8 Å². The predicted octanol–water partition coefficient (Wildman–Crippen LogP) is 2.31. The number of aryl methyl sites for hydroxylation is 3. The van der Waals surface area contributed by atoms with Crippen LogP contribution in [0.4, 0.5) is 0 Å². The minimum absolute atomic E-state index is 0.0313. The van der Waals surface area contributed by atoms with Gasteiger partial charge in [0.15, 0.2) is 10.8 Å². The molecule has 0 radical (unpaired) electrons. The third kappa shape index (κ3) is 2.82. The molecule has 0 amide bonds. The van der Waals surface area contributed by atoms with E-state index in [1.807, 2.05) is 11.7 Å². The van der Waals surface area contributed by atoms with E-state index in [2.05, 4.69) is 28.5 Å². The van der Waals surface area contributed by atoms with Crippen LogP contribution in [0.5, 0.6) is 0 Å². The first-order chi connectivity index (χ1) is 9.58. The number of hydrogen-bond donors (Lipinski definition) is 1. The second-order valence-electron chi connectivity index (χ2n) is 4.72. The molecule has 2 aromatic rings. The fourth-order valence-corrected chi connectivity index (χ4v) is 3.03. The van der Waals surface area contributed by atoms with Gasteiger partial charge in [-0.1, -0.05) is 32.0 Å². The number of thioether (sulfide) groups is 1. The van der Waals surface area contributed by atoms with Crippen LogP contribution >= 0.6 is 11.8 Å². The molecule has 110 valence electrons. The summed E-state index contributed by atoms with van der Waals surface area (Å²) in [5, 5.41) is 14.1. The van der Waals surface area contributed by atoms with Crippen LogP contribution in [0.2, 0.25) is 0 Å². The van der Waals surface area contributed by atoms with Gasteiger partial charge in [-0.15, -0.1) is 0 Å². The Morgan fingerprint density at radius 2 is 2.10 bits per heavy atom. The molecule has 0 bridgehead atoms. The summed E-state index contributed by atoms with van der Waals surface area (Å²) >= 11 is 1.27. The molecule has 0 fully saturated rings. The molecule has 1 N–H and O–H groups in total. The van der Waals surface area contributed by atoms with Crippen LogP contribution in [-0.2, 0) is 24.8 Å². The van der Waals surface area contributed by atoms with Crippen molar-refractivity contribution in [2.24, 2.45) is 7.05 Å². The third-order valence-electron chi connectivity index (χ3n) is 3.02. The summed E-state index contributed by atoms with van der Waals surface area (Å²) < 4.78 is 3.93. The standard InChI is InChI=1S/C13H20N4O2S/c1-4-6-9-11-12(16(3)15-9)17(7-5-2)13(14-11)20-8-10(18)19/h4-8H2,1-3H3,(H,18,19). The molecule has 2 rings (SSSR count). The first kappa shape index (κ1) is 14.9. The van der Waals surface area contributed by atoms with Crippen LogP contribution in [0.3, 0.4) is 0 Å². The summed E-state index contributed by atoms with van der Waals surface area (Å²) in [7, 11) is 1.92. The van der Waals surface area contributed by atoms with Crippen molar-refractivity contribution in [2.45, 2.75) is 44.8 Å². The fraction of sp³-hybridized carbons (Fsp3) is 0.615. The Labute approximate surface area is 122 Å². The van der Waals surface area contributed by atoms with E-state index in [1.165, 1.54) is 11.8 Å². The first-order valence-electron chi connectivity index (χ1n) is 6.85. The number of nitrogens with zero attached hydrogens (tertiary/aromatic N) is 4. The molecule has 0 spiro atoms. The maximum Gasteiger partial charge on any atom is 0.313 e. The van der Waals surface area contributed by atoms with E-state index in [0.717, 1.165) is 47.8 Å². The molecule has 0 aliphatic carbocycles. The molecule has 0 aliphatic heterocycles. The maximum absolute atomic E-state index is 10.8. The van der Waals surface area contributed by atoms with Gasteiger partial charge in [0, 0.05) is 13.6 Å². The third-order valence-corrected chi connectivity index (χ3v) is 3.98. The second-order valence-corrected chi connectivity index (χ2v) is 5.66. The highest BCUT2D eigenvalue weighted by molar-refractivity contribution is 7.99. The molecule has 7 heteroatoms. The van der Waals surface area contributed by atoms with Crippen molar-refractivity contribution >= 4 is 28.9 Å². The highest BCUT2D eigenvalue weighted by atomic mass is 32.2. The Hall–Kier alpha value is -1.50. The van der Waals surface area contributed by atoms with Gasteiger partial charge in [0.1, 0.15) is 5.52 Å². The lowest BCUT2D eigenvalue weighted by atomic mass is 10.2. The molecule has 0 saturated heterocycles.